The standard InChI is InChI=1S/C20H19ClN5/c21-17-8-6-14(7-9-17)16-4-2-10-26(12-16)20-24-13-23-19(25-20)15-3-1-5-18(22)11-15/h1,3,5-9,13,16H,2,4,10,12,22H2. The first kappa shape index (κ1) is 16.8. The van der Waals surface area contributed by atoms with Gasteiger partial charge in [-0.2, -0.15) is 4.98 Å². The highest BCUT2D eigenvalue weighted by atomic mass is 35.5. The van der Waals surface area contributed by atoms with Gasteiger partial charge >= 0.3 is 0 Å². The Kier molecular flexibility index (Phi) is 4.71. The van der Waals surface area contributed by atoms with Gasteiger partial charge in [0.25, 0.3) is 0 Å². The highest BCUT2D eigenvalue weighted by molar-refractivity contribution is 6.30. The number of aromatic nitrogens is 3. The SMILES string of the molecule is Nc1[c]c(-c2ncnc(N3CCCC(c4ccc(Cl)cc4)C3)n2)ccc1. The minimum Gasteiger partial charge on any atom is -0.398 e. The molecule has 1 radical (unpaired) electrons. The van der Waals surface area contributed by atoms with E-state index in [-0.39, 0.29) is 0 Å². The van der Waals surface area contributed by atoms with Crippen LogP contribution in [0.4, 0.5) is 11.6 Å². The number of hydrogen-bond acceptors (Lipinski definition) is 5. The number of hydrogen-bond donors (Lipinski definition) is 1. The van der Waals surface area contributed by atoms with Crippen molar-refractivity contribution in [3.8, 4) is 11.4 Å². The zero-order chi connectivity index (χ0) is 17.9. The molecule has 0 spiro atoms. The van der Waals surface area contributed by atoms with Crippen LogP contribution in [0.3, 0.4) is 0 Å². The average Bonchev–Trinajstić information content (AvgIpc) is 2.69. The van der Waals surface area contributed by atoms with E-state index in [1.807, 2.05) is 24.3 Å². The highest BCUT2D eigenvalue weighted by Crippen LogP contribution is 2.29. The molecule has 131 valence electrons. The summed E-state index contributed by atoms with van der Waals surface area (Å²) in [6, 6.07) is 16.8. The highest BCUT2D eigenvalue weighted by Gasteiger charge is 2.23. The van der Waals surface area contributed by atoms with E-state index >= 15 is 0 Å². The van der Waals surface area contributed by atoms with E-state index in [1.165, 1.54) is 5.56 Å². The fourth-order valence-electron chi connectivity index (χ4n) is 3.35. The van der Waals surface area contributed by atoms with Gasteiger partial charge < -0.3 is 10.6 Å². The number of halogens is 1. The molecule has 26 heavy (non-hydrogen) atoms. The van der Waals surface area contributed by atoms with E-state index in [2.05, 4.69) is 38.1 Å². The molecule has 0 aliphatic carbocycles. The van der Waals surface area contributed by atoms with E-state index in [1.54, 1.807) is 12.4 Å². The van der Waals surface area contributed by atoms with Crippen LogP contribution in [-0.2, 0) is 0 Å². The number of nitrogens with two attached hydrogens (primary N) is 1. The quantitative estimate of drug-likeness (QED) is 0.712. The number of benzene rings is 2. The van der Waals surface area contributed by atoms with Crippen LogP contribution in [0, 0.1) is 6.07 Å². The second kappa shape index (κ2) is 7.30. The Hall–Kier alpha value is -2.66. The molecule has 1 unspecified atom stereocenters. The van der Waals surface area contributed by atoms with Gasteiger partial charge in [-0.3, -0.25) is 0 Å². The van der Waals surface area contributed by atoms with Crippen LogP contribution >= 0.6 is 11.6 Å². The molecular weight excluding hydrogens is 346 g/mol. The van der Waals surface area contributed by atoms with Crippen molar-refractivity contribution in [3.63, 3.8) is 0 Å². The van der Waals surface area contributed by atoms with Crippen molar-refractivity contribution in [2.24, 2.45) is 0 Å². The maximum Gasteiger partial charge on any atom is 0.228 e. The first-order chi connectivity index (χ1) is 12.7. The molecule has 1 fully saturated rings. The molecule has 6 heteroatoms. The zero-order valence-corrected chi connectivity index (χ0v) is 15.0. The van der Waals surface area contributed by atoms with Crippen LogP contribution in [0.25, 0.3) is 11.4 Å². The molecule has 1 aromatic heterocycles. The zero-order valence-electron chi connectivity index (χ0n) is 14.3. The molecule has 4 rings (SSSR count). The van der Waals surface area contributed by atoms with Gasteiger partial charge in [-0.05, 0) is 36.6 Å². The molecule has 2 aromatic carbocycles. The first-order valence-electron chi connectivity index (χ1n) is 8.67. The molecule has 0 saturated carbocycles. The predicted molar refractivity (Wildman–Crippen MR) is 104 cm³/mol. The van der Waals surface area contributed by atoms with Gasteiger partial charge in [-0.25, -0.2) is 9.97 Å². The third-order valence-electron chi connectivity index (χ3n) is 4.66. The Balaban J connectivity index is 1.57. The summed E-state index contributed by atoms with van der Waals surface area (Å²) in [7, 11) is 0. The Morgan fingerprint density at radius 2 is 1.96 bits per heavy atom. The maximum atomic E-state index is 6.01. The molecule has 5 nitrogen and oxygen atoms in total. The van der Waals surface area contributed by atoms with Crippen molar-refractivity contribution < 1.29 is 0 Å². The monoisotopic (exact) mass is 364 g/mol. The number of nitrogen functional groups attached to an aromatic ring is 1. The lowest BCUT2D eigenvalue weighted by Crippen LogP contribution is -2.35. The van der Waals surface area contributed by atoms with Crippen molar-refractivity contribution in [2.45, 2.75) is 18.8 Å². The lowest BCUT2D eigenvalue weighted by atomic mass is 9.91. The molecule has 2 N–H and O–H groups in total. The number of piperidine rings is 1. The summed E-state index contributed by atoms with van der Waals surface area (Å²) in [4.78, 5) is 15.5. The Bertz CT molecular complexity index is 897. The van der Waals surface area contributed by atoms with Gasteiger partial charge in [0.15, 0.2) is 5.82 Å². The second-order valence-electron chi connectivity index (χ2n) is 6.47. The molecule has 3 aromatic rings. The van der Waals surface area contributed by atoms with Crippen molar-refractivity contribution in [1.82, 2.24) is 15.0 Å². The lowest BCUT2D eigenvalue weighted by Gasteiger charge is -2.33. The first-order valence-corrected chi connectivity index (χ1v) is 9.04. The summed E-state index contributed by atoms with van der Waals surface area (Å²) in [6.45, 7) is 1.82. The molecule has 1 saturated heterocycles. The van der Waals surface area contributed by atoms with Gasteiger partial charge in [-0.15, -0.1) is 0 Å². The van der Waals surface area contributed by atoms with Crippen molar-refractivity contribution in [3.05, 3.63) is 65.4 Å². The van der Waals surface area contributed by atoms with Crippen molar-refractivity contribution in [1.29, 1.82) is 0 Å². The minimum atomic E-state index is 0.445. The van der Waals surface area contributed by atoms with Crippen LogP contribution in [-0.4, -0.2) is 28.0 Å². The van der Waals surface area contributed by atoms with Gasteiger partial charge in [0, 0.05) is 41.3 Å². The third kappa shape index (κ3) is 3.63. The van der Waals surface area contributed by atoms with Gasteiger partial charge in [-0.1, -0.05) is 35.9 Å². The van der Waals surface area contributed by atoms with Gasteiger partial charge in [0.2, 0.25) is 5.95 Å². The second-order valence-corrected chi connectivity index (χ2v) is 6.90. The van der Waals surface area contributed by atoms with E-state index in [9.17, 15) is 0 Å². The van der Waals surface area contributed by atoms with E-state index < -0.39 is 0 Å². The fourth-order valence-corrected chi connectivity index (χ4v) is 3.48. The van der Waals surface area contributed by atoms with Crippen molar-refractivity contribution in [2.75, 3.05) is 23.7 Å². The smallest absolute Gasteiger partial charge is 0.228 e. The molecule has 2 heterocycles. The third-order valence-corrected chi connectivity index (χ3v) is 4.92. The van der Waals surface area contributed by atoms with Crippen LogP contribution in [0.1, 0.15) is 24.3 Å². The normalized spacial score (nSPS) is 17.3. The topological polar surface area (TPSA) is 67.9 Å². The van der Waals surface area contributed by atoms with Gasteiger partial charge in [0.1, 0.15) is 6.33 Å². The summed E-state index contributed by atoms with van der Waals surface area (Å²) in [6.07, 6.45) is 3.80. The van der Waals surface area contributed by atoms with E-state index in [4.69, 9.17) is 17.3 Å². The Morgan fingerprint density at radius 3 is 2.77 bits per heavy atom. The van der Waals surface area contributed by atoms with E-state index in [0.29, 0.717) is 23.4 Å². The largest absolute Gasteiger partial charge is 0.398 e. The van der Waals surface area contributed by atoms with Crippen LogP contribution in [0.5, 0.6) is 0 Å². The van der Waals surface area contributed by atoms with Crippen LogP contribution in [0.15, 0.2) is 48.8 Å². The van der Waals surface area contributed by atoms with Crippen LogP contribution < -0.4 is 10.6 Å². The molecule has 1 aliphatic heterocycles. The molecule has 1 aliphatic rings. The molecule has 1 atom stereocenters. The number of rotatable bonds is 3. The molecule has 0 amide bonds. The fraction of sp³-hybridized carbons (Fsp3) is 0.250. The molecule has 0 bridgehead atoms. The number of anilines is 2. The van der Waals surface area contributed by atoms with Crippen LogP contribution in [0.2, 0.25) is 5.02 Å². The summed E-state index contributed by atoms with van der Waals surface area (Å²) < 4.78 is 0. The Morgan fingerprint density at radius 1 is 1.12 bits per heavy atom. The minimum absolute atomic E-state index is 0.445. The maximum absolute atomic E-state index is 6.01. The van der Waals surface area contributed by atoms with Gasteiger partial charge in [0.05, 0.1) is 0 Å². The summed E-state index contributed by atoms with van der Waals surface area (Å²) in [5.74, 6) is 1.74. The average molecular weight is 365 g/mol. The summed E-state index contributed by atoms with van der Waals surface area (Å²) in [5.41, 5.74) is 8.48. The van der Waals surface area contributed by atoms with Crippen molar-refractivity contribution >= 4 is 23.2 Å². The van der Waals surface area contributed by atoms with E-state index in [0.717, 1.165) is 36.5 Å². The molecular formula is C20H19ClN5. The summed E-state index contributed by atoms with van der Waals surface area (Å²) >= 11 is 6.01. The number of nitrogens with zero attached hydrogens (tertiary/aromatic N) is 4. The predicted octanol–water partition coefficient (Wildman–Crippen LogP) is 3.96. The Labute approximate surface area is 157 Å². The lowest BCUT2D eigenvalue weighted by molar-refractivity contribution is 0.503. The summed E-state index contributed by atoms with van der Waals surface area (Å²) in [5, 5.41) is 0.766.